The quantitative estimate of drug-likeness (QED) is 0.147. The normalized spacial score (nSPS) is 21.1. The van der Waals surface area contributed by atoms with Crippen LogP contribution >= 0.6 is 0 Å². The van der Waals surface area contributed by atoms with E-state index in [9.17, 15) is 14.4 Å². The van der Waals surface area contributed by atoms with Crippen LogP contribution < -0.4 is 38.9 Å². The molecule has 0 saturated carbocycles. The molecule has 1 rings (SSSR count). The first-order chi connectivity index (χ1) is 11.1. The molecule has 2 atom stereocenters. The summed E-state index contributed by atoms with van der Waals surface area (Å²) >= 11 is 0. The number of nitrogens with zero attached hydrogens (tertiary/aromatic N) is 2. The molecular weight excluding hydrogens is 318 g/mol. The lowest BCUT2D eigenvalue weighted by molar-refractivity contribution is -0.132. The van der Waals surface area contributed by atoms with Crippen LogP contribution in [-0.4, -0.2) is 54.4 Å². The highest BCUT2D eigenvalue weighted by atomic mass is 16.2. The van der Waals surface area contributed by atoms with Gasteiger partial charge in [-0.1, -0.05) is 0 Å². The fourth-order valence-electron chi connectivity index (χ4n) is 1.89. The van der Waals surface area contributed by atoms with Crippen LogP contribution in [0.5, 0.6) is 0 Å². The number of rotatable bonds is 6. The molecule has 1 aliphatic heterocycles. The third-order valence-corrected chi connectivity index (χ3v) is 3.23. The average molecular weight is 341 g/mol. The topological polar surface area (TPSA) is 216 Å². The number of hydrogen-bond acceptors (Lipinski definition) is 6. The van der Waals surface area contributed by atoms with Crippen LogP contribution in [0.15, 0.2) is 9.98 Å². The van der Waals surface area contributed by atoms with Crippen LogP contribution in [0.2, 0.25) is 0 Å². The predicted molar refractivity (Wildman–Crippen MR) is 87.6 cm³/mol. The zero-order valence-electron chi connectivity index (χ0n) is 13.3. The van der Waals surface area contributed by atoms with E-state index in [1.807, 2.05) is 0 Å². The van der Waals surface area contributed by atoms with E-state index in [0.717, 1.165) is 0 Å². The molecule has 0 bridgehead atoms. The van der Waals surface area contributed by atoms with Gasteiger partial charge in [-0.3, -0.25) is 25.2 Å². The third kappa shape index (κ3) is 5.72. The summed E-state index contributed by atoms with van der Waals surface area (Å²) in [6, 6.07) is -1.68. The Morgan fingerprint density at radius 1 is 1.42 bits per heavy atom. The van der Waals surface area contributed by atoms with E-state index in [4.69, 9.17) is 22.9 Å². The number of nitrogens with one attached hydrogen (secondary N) is 3. The Balaban J connectivity index is 2.56. The van der Waals surface area contributed by atoms with Crippen molar-refractivity contribution in [3.05, 3.63) is 0 Å². The smallest absolute Gasteiger partial charge is 0.318 e. The molecular formula is C12H23N9O3. The number of carbonyl (C=O) groups is 3. The molecule has 1 heterocycles. The number of urea groups is 1. The first-order valence-corrected chi connectivity index (χ1v) is 7.19. The van der Waals surface area contributed by atoms with Crippen LogP contribution in [0.25, 0.3) is 0 Å². The van der Waals surface area contributed by atoms with Crippen LogP contribution in [-0.2, 0) is 9.59 Å². The number of amides is 4. The van der Waals surface area contributed by atoms with Crippen molar-refractivity contribution in [2.75, 3.05) is 13.1 Å². The summed E-state index contributed by atoms with van der Waals surface area (Å²) in [5.74, 6) is -1.14. The number of hydrogen-bond donors (Lipinski definition) is 7. The molecule has 0 fully saturated rings. The van der Waals surface area contributed by atoms with E-state index in [0.29, 0.717) is 19.4 Å². The van der Waals surface area contributed by atoms with E-state index < -0.39 is 29.4 Å². The number of primary amides is 1. The SMILES string of the molecule is C[C@@]1(NC(=O)[C@@H](N)CCCN=C(N)N)CN=C(NC(N)=O)NC1=O. The van der Waals surface area contributed by atoms with E-state index in [1.54, 1.807) is 0 Å². The maximum atomic E-state index is 12.1. The molecule has 1 aliphatic rings. The molecule has 0 aromatic heterocycles. The molecule has 12 heteroatoms. The van der Waals surface area contributed by atoms with Gasteiger partial charge in [-0.25, -0.2) is 9.79 Å². The summed E-state index contributed by atoms with van der Waals surface area (Å²) in [5.41, 5.74) is 19.8. The maximum Gasteiger partial charge on any atom is 0.318 e. The Morgan fingerprint density at radius 3 is 2.62 bits per heavy atom. The van der Waals surface area contributed by atoms with Gasteiger partial charge in [0.25, 0.3) is 5.91 Å². The minimum atomic E-state index is -1.28. The highest BCUT2D eigenvalue weighted by Crippen LogP contribution is 2.10. The first kappa shape index (κ1) is 19.2. The summed E-state index contributed by atoms with van der Waals surface area (Å²) in [7, 11) is 0. The van der Waals surface area contributed by atoms with Gasteiger partial charge in [0.1, 0.15) is 5.54 Å². The monoisotopic (exact) mass is 341 g/mol. The zero-order chi connectivity index (χ0) is 18.3. The van der Waals surface area contributed by atoms with Gasteiger partial charge < -0.3 is 28.3 Å². The molecule has 134 valence electrons. The maximum absolute atomic E-state index is 12.1. The minimum Gasteiger partial charge on any atom is -0.370 e. The van der Waals surface area contributed by atoms with Gasteiger partial charge in [0, 0.05) is 6.54 Å². The molecule has 4 amide bonds. The molecule has 0 radical (unpaired) electrons. The summed E-state index contributed by atoms with van der Waals surface area (Å²) in [6.45, 7) is 1.78. The average Bonchev–Trinajstić information content (AvgIpc) is 2.47. The van der Waals surface area contributed by atoms with E-state index >= 15 is 0 Å². The Labute approximate surface area is 138 Å². The Bertz CT molecular complexity index is 570. The molecule has 0 unspecified atom stereocenters. The van der Waals surface area contributed by atoms with Gasteiger partial charge in [0.15, 0.2) is 5.96 Å². The van der Waals surface area contributed by atoms with Gasteiger partial charge in [0.05, 0.1) is 12.6 Å². The van der Waals surface area contributed by atoms with Gasteiger partial charge in [-0.2, -0.15) is 0 Å². The van der Waals surface area contributed by atoms with Crippen molar-refractivity contribution in [1.29, 1.82) is 0 Å². The van der Waals surface area contributed by atoms with Gasteiger partial charge in [-0.15, -0.1) is 0 Å². The predicted octanol–water partition coefficient (Wildman–Crippen LogP) is -3.60. The summed E-state index contributed by atoms with van der Waals surface area (Å²) in [4.78, 5) is 42.7. The van der Waals surface area contributed by atoms with E-state index in [2.05, 4.69) is 25.9 Å². The minimum absolute atomic E-state index is 0.0300. The van der Waals surface area contributed by atoms with Crippen molar-refractivity contribution >= 4 is 29.8 Å². The van der Waals surface area contributed by atoms with Crippen molar-refractivity contribution in [3.63, 3.8) is 0 Å². The van der Waals surface area contributed by atoms with Crippen LogP contribution in [0.3, 0.4) is 0 Å². The molecule has 0 saturated heterocycles. The molecule has 11 N–H and O–H groups in total. The van der Waals surface area contributed by atoms with Gasteiger partial charge in [0.2, 0.25) is 11.9 Å². The molecule has 12 nitrogen and oxygen atoms in total. The molecule has 0 spiro atoms. The Kier molecular flexibility index (Phi) is 6.47. The molecule has 0 aromatic carbocycles. The number of nitrogens with two attached hydrogens (primary N) is 4. The summed E-state index contributed by atoms with van der Waals surface area (Å²) in [5, 5.41) is 7.06. The lowest BCUT2D eigenvalue weighted by Gasteiger charge is -2.32. The zero-order valence-corrected chi connectivity index (χ0v) is 13.3. The van der Waals surface area contributed by atoms with E-state index in [1.165, 1.54) is 6.92 Å². The summed E-state index contributed by atoms with van der Waals surface area (Å²) in [6.07, 6.45) is 0.859. The fraction of sp³-hybridized carbons (Fsp3) is 0.583. The third-order valence-electron chi connectivity index (χ3n) is 3.23. The second-order valence-corrected chi connectivity index (χ2v) is 5.48. The van der Waals surface area contributed by atoms with Crippen molar-refractivity contribution < 1.29 is 14.4 Å². The fourth-order valence-corrected chi connectivity index (χ4v) is 1.89. The number of aliphatic imine (C=N–C) groups is 2. The van der Waals surface area contributed by atoms with E-state index in [-0.39, 0.29) is 18.5 Å². The second kappa shape index (κ2) is 8.10. The van der Waals surface area contributed by atoms with Crippen LogP contribution in [0.4, 0.5) is 4.79 Å². The highest BCUT2D eigenvalue weighted by Gasteiger charge is 2.39. The van der Waals surface area contributed by atoms with Crippen molar-refractivity contribution in [2.45, 2.75) is 31.3 Å². The van der Waals surface area contributed by atoms with Crippen molar-refractivity contribution in [1.82, 2.24) is 16.0 Å². The second-order valence-electron chi connectivity index (χ2n) is 5.48. The number of guanidine groups is 2. The lowest BCUT2D eigenvalue weighted by atomic mass is 9.99. The van der Waals surface area contributed by atoms with Crippen LogP contribution in [0.1, 0.15) is 19.8 Å². The van der Waals surface area contributed by atoms with Crippen molar-refractivity contribution in [2.24, 2.45) is 32.9 Å². The summed E-state index contributed by atoms with van der Waals surface area (Å²) < 4.78 is 0. The molecule has 0 aliphatic carbocycles. The Morgan fingerprint density at radius 2 is 2.08 bits per heavy atom. The lowest BCUT2D eigenvalue weighted by Crippen LogP contribution is -2.66. The molecule has 0 aromatic rings. The first-order valence-electron chi connectivity index (χ1n) is 7.19. The largest absolute Gasteiger partial charge is 0.370 e. The van der Waals surface area contributed by atoms with Crippen molar-refractivity contribution in [3.8, 4) is 0 Å². The van der Waals surface area contributed by atoms with Gasteiger partial charge >= 0.3 is 6.03 Å². The Hall–Kier alpha value is -2.89. The van der Waals surface area contributed by atoms with Gasteiger partial charge in [-0.05, 0) is 19.8 Å². The van der Waals surface area contributed by atoms with Crippen LogP contribution in [0, 0.1) is 0 Å². The molecule has 24 heavy (non-hydrogen) atoms. The standard InChI is InChI=1S/C12H23N9O3/c1-12(5-18-11(19-8(12)23)20-10(16)24)21-7(22)6(13)3-2-4-17-9(14)15/h6H,2-5,13H2,1H3,(H,21,22)(H4,14,15,17)(H4,16,18,19,20,23,24)/t6-,12+/m0/s1. The highest BCUT2D eigenvalue weighted by molar-refractivity contribution is 6.09. The number of carbonyl (C=O) groups excluding carboxylic acids is 3.